The van der Waals surface area contributed by atoms with Crippen molar-refractivity contribution in [3.63, 3.8) is 0 Å². The van der Waals surface area contributed by atoms with Crippen LogP contribution in [0, 0.1) is 6.92 Å². The average molecular weight is 317 g/mol. The van der Waals surface area contributed by atoms with Gasteiger partial charge in [-0.05, 0) is 36.0 Å². The molecule has 2 aromatic rings. The zero-order chi connectivity index (χ0) is 13.8. The zero-order valence-corrected chi connectivity index (χ0v) is 13.4. The van der Waals surface area contributed by atoms with E-state index in [4.69, 9.17) is 0 Å². The van der Waals surface area contributed by atoms with Crippen LogP contribution >= 0.6 is 15.9 Å². The highest BCUT2D eigenvalue weighted by atomic mass is 79.9. The summed E-state index contributed by atoms with van der Waals surface area (Å²) >= 11 is 3.81. The predicted molar refractivity (Wildman–Crippen MR) is 87.1 cm³/mol. The van der Waals surface area contributed by atoms with Gasteiger partial charge in [-0.2, -0.15) is 0 Å². The summed E-state index contributed by atoms with van der Waals surface area (Å²) in [7, 11) is 0. The fraction of sp³-hybridized carbons (Fsp3) is 0.333. The van der Waals surface area contributed by atoms with Crippen LogP contribution in [0.1, 0.15) is 46.8 Å². The molecule has 0 aliphatic heterocycles. The molecule has 0 saturated carbocycles. The van der Waals surface area contributed by atoms with Crippen molar-refractivity contribution in [2.75, 3.05) is 0 Å². The van der Waals surface area contributed by atoms with Crippen LogP contribution in [0.15, 0.2) is 48.5 Å². The Morgan fingerprint density at radius 1 is 0.947 bits per heavy atom. The van der Waals surface area contributed by atoms with Crippen molar-refractivity contribution in [2.45, 2.75) is 37.9 Å². The van der Waals surface area contributed by atoms with Gasteiger partial charge >= 0.3 is 0 Å². The number of alkyl halides is 1. The lowest BCUT2D eigenvalue weighted by Gasteiger charge is -2.12. The molecule has 1 unspecified atom stereocenters. The fourth-order valence-electron chi connectivity index (χ4n) is 2.25. The van der Waals surface area contributed by atoms with E-state index in [1.807, 2.05) is 0 Å². The van der Waals surface area contributed by atoms with Crippen molar-refractivity contribution in [3.05, 3.63) is 70.8 Å². The van der Waals surface area contributed by atoms with E-state index in [0.29, 0.717) is 10.7 Å². The maximum Gasteiger partial charge on any atom is 0.0435 e. The number of aryl methyl sites for hydroxylation is 1. The number of halogens is 1. The van der Waals surface area contributed by atoms with Gasteiger partial charge in [0.25, 0.3) is 0 Å². The summed E-state index contributed by atoms with van der Waals surface area (Å²) in [6.07, 6.45) is 1.03. The quantitative estimate of drug-likeness (QED) is 0.625. The lowest BCUT2D eigenvalue weighted by atomic mass is 9.98. The molecule has 0 amide bonds. The van der Waals surface area contributed by atoms with Gasteiger partial charge in [0.2, 0.25) is 0 Å². The molecule has 0 saturated heterocycles. The van der Waals surface area contributed by atoms with E-state index in [0.717, 1.165) is 6.42 Å². The molecular weight excluding hydrogens is 296 g/mol. The maximum absolute atomic E-state index is 3.81. The summed E-state index contributed by atoms with van der Waals surface area (Å²) in [6.45, 7) is 6.60. The lowest BCUT2D eigenvalue weighted by Crippen LogP contribution is -1.96. The third-order valence-electron chi connectivity index (χ3n) is 3.46. The summed E-state index contributed by atoms with van der Waals surface area (Å²) in [6, 6.07) is 17.7. The predicted octanol–water partition coefficient (Wildman–Crippen LogP) is 5.80. The second-order valence-electron chi connectivity index (χ2n) is 5.48. The first kappa shape index (κ1) is 14.3. The van der Waals surface area contributed by atoms with Crippen LogP contribution in [-0.2, 0) is 6.42 Å². The van der Waals surface area contributed by atoms with Crippen LogP contribution in [0.5, 0.6) is 0 Å². The number of hydrogen-bond donors (Lipinski definition) is 0. The molecule has 0 nitrogen and oxygen atoms in total. The zero-order valence-electron chi connectivity index (χ0n) is 11.9. The highest BCUT2D eigenvalue weighted by molar-refractivity contribution is 9.09. The highest BCUT2D eigenvalue weighted by Crippen LogP contribution is 2.28. The molecule has 0 bridgehead atoms. The van der Waals surface area contributed by atoms with Crippen molar-refractivity contribution in [2.24, 2.45) is 0 Å². The van der Waals surface area contributed by atoms with Crippen molar-refractivity contribution < 1.29 is 0 Å². The molecule has 0 aromatic heterocycles. The molecule has 2 rings (SSSR count). The monoisotopic (exact) mass is 316 g/mol. The number of hydrogen-bond acceptors (Lipinski definition) is 0. The van der Waals surface area contributed by atoms with Gasteiger partial charge in [0.05, 0.1) is 0 Å². The first-order valence-corrected chi connectivity index (χ1v) is 7.77. The minimum Gasteiger partial charge on any atom is -0.0835 e. The normalized spacial score (nSPS) is 12.7. The Morgan fingerprint density at radius 2 is 1.58 bits per heavy atom. The molecule has 0 N–H and O–H groups in total. The molecule has 1 atom stereocenters. The van der Waals surface area contributed by atoms with Crippen LogP contribution in [0.25, 0.3) is 0 Å². The van der Waals surface area contributed by atoms with E-state index in [-0.39, 0.29) is 0 Å². The van der Waals surface area contributed by atoms with Gasteiger partial charge in [-0.15, -0.1) is 0 Å². The molecule has 0 fully saturated rings. The summed E-state index contributed by atoms with van der Waals surface area (Å²) < 4.78 is 0. The molecule has 0 aliphatic rings. The Kier molecular flexibility index (Phi) is 4.81. The van der Waals surface area contributed by atoms with E-state index in [1.165, 1.54) is 22.3 Å². The van der Waals surface area contributed by atoms with Gasteiger partial charge in [0, 0.05) is 4.83 Å². The molecular formula is C18H21Br. The summed E-state index contributed by atoms with van der Waals surface area (Å²) in [4.78, 5) is 0.385. The van der Waals surface area contributed by atoms with Crippen LogP contribution in [0.3, 0.4) is 0 Å². The van der Waals surface area contributed by atoms with Gasteiger partial charge in [0.1, 0.15) is 0 Å². The van der Waals surface area contributed by atoms with Crippen LogP contribution < -0.4 is 0 Å². The number of benzene rings is 2. The van der Waals surface area contributed by atoms with Gasteiger partial charge in [0.15, 0.2) is 0 Å². The third kappa shape index (κ3) is 3.94. The molecule has 0 radical (unpaired) electrons. The molecule has 1 heteroatoms. The molecule has 0 aliphatic carbocycles. The van der Waals surface area contributed by atoms with Gasteiger partial charge in [-0.25, -0.2) is 0 Å². The summed E-state index contributed by atoms with van der Waals surface area (Å²) in [5, 5.41) is 0. The molecule has 0 heterocycles. The van der Waals surface area contributed by atoms with Gasteiger partial charge in [-0.3, -0.25) is 0 Å². The minimum absolute atomic E-state index is 0.385. The molecule has 2 aromatic carbocycles. The standard InChI is InChI=1S/C18H21Br/c1-13(2)16-7-9-17(10-8-16)18(19)12-15-6-4-5-14(3)11-15/h4-11,13,18H,12H2,1-3H3. The Bertz CT molecular complexity index is 526. The number of rotatable bonds is 4. The summed E-state index contributed by atoms with van der Waals surface area (Å²) in [5.74, 6) is 0.597. The Hall–Kier alpha value is -1.08. The lowest BCUT2D eigenvalue weighted by molar-refractivity contribution is 0.862. The van der Waals surface area contributed by atoms with E-state index < -0.39 is 0 Å². The van der Waals surface area contributed by atoms with E-state index in [2.05, 4.69) is 85.2 Å². The highest BCUT2D eigenvalue weighted by Gasteiger charge is 2.09. The van der Waals surface area contributed by atoms with Crippen LogP contribution in [-0.4, -0.2) is 0 Å². The Morgan fingerprint density at radius 3 is 2.16 bits per heavy atom. The Labute approximate surface area is 125 Å². The minimum atomic E-state index is 0.385. The first-order chi connectivity index (χ1) is 9.06. The van der Waals surface area contributed by atoms with Crippen LogP contribution in [0.4, 0.5) is 0 Å². The van der Waals surface area contributed by atoms with Gasteiger partial charge < -0.3 is 0 Å². The van der Waals surface area contributed by atoms with Crippen molar-refractivity contribution in [1.29, 1.82) is 0 Å². The van der Waals surface area contributed by atoms with E-state index >= 15 is 0 Å². The second-order valence-corrected chi connectivity index (χ2v) is 6.59. The molecule has 19 heavy (non-hydrogen) atoms. The van der Waals surface area contributed by atoms with Crippen LogP contribution in [0.2, 0.25) is 0 Å². The van der Waals surface area contributed by atoms with Gasteiger partial charge in [-0.1, -0.05) is 83.9 Å². The third-order valence-corrected chi connectivity index (χ3v) is 4.31. The van der Waals surface area contributed by atoms with Crippen molar-refractivity contribution >= 4 is 15.9 Å². The largest absolute Gasteiger partial charge is 0.0835 e. The second kappa shape index (κ2) is 6.38. The Balaban J connectivity index is 2.09. The maximum atomic E-state index is 3.81. The molecule has 100 valence electrons. The summed E-state index contributed by atoms with van der Waals surface area (Å²) in [5.41, 5.74) is 5.46. The van der Waals surface area contributed by atoms with Crippen molar-refractivity contribution in [3.8, 4) is 0 Å². The van der Waals surface area contributed by atoms with E-state index in [1.54, 1.807) is 0 Å². The van der Waals surface area contributed by atoms with Crippen molar-refractivity contribution in [1.82, 2.24) is 0 Å². The smallest absolute Gasteiger partial charge is 0.0435 e. The fourth-order valence-corrected chi connectivity index (χ4v) is 2.93. The molecule has 0 spiro atoms. The average Bonchev–Trinajstić information content (AvgIpc) is 2.39. The first-order valence-electron chi connectivity index (χ1n) is 6.85. The van der Waals surface area contributed by atoms with E-state index in [9.17, 15) is 0 Å². The SMILES string of the molecule is Cc1cccc(CC(Br)c2ccc(C(C)C)cc2)c1. The topological polar surface area (TPSA) is 0 Å².